The summed E-state index contributed by atoms with van der Waals surface area (Å²) in [6.07, 6.45) is 1.02. The van der Waals surface area contributed by atoms with Crippen LogP contribution in [0.3, 0.4) is 0 Å². The number of aromatic nitrogens is 5. The lowest BCUT2D eigenvalue weighted by Crippen LogP contribution is -2.33. The molecule has 0 radical (unpaired) electrons. The predicted molar refractivity (Wildman–Crippen MR) is 70.4 cm³/mol. The Morgan fingerprint density at radius 1 is 1.45 bits per heavy atom. The van der Waals surface area contributed by atoms with Crippen molar-refractivity contribution in [1.29, 1.82) is 0 Å². The summed E-state index contributed by atoms with van der Waals surface area (Å²) in [7, 11) is 1.49. The molecule has 0 amide bonds. The van der Waals surface area contributed by atoms with Crippen LogP contribution in [-0.4, -0.2) is 31.3 Å². The van der Waals surface area contributed by atoms with Gasteiger partial charge in [0.25, 0.3) is 0 Å². The van der Waals surface area contributed by atoms with Gasteiger partial charge in [-0.2, -0.15) is 4.98 Å². The van der Waals surface area contributed by atoms with E-state index in [9.17, 15) is 14.0 Å². The molecule has 0 aliphatic rings. The topological polar surface area (TPSA) is 106 Å². The summed E-state index contributed by atoms with van der Waals surface area (Å²) in [5.74, 6) is -0.372. The maximum Gasteiger partial charge on any atom is 0.339 e. The third kappa shape index (κ3) is 3.02. The van der Waals surface area contributed by atoms with E-state index in [1.807, 2.05) is 6.92 Å². The van der Waals surface area contributed by atoms with Crippen LogP contribution in [0.25, 0.3) is 0 Å². The first-order valence-corrected chi connectivity index (χ1v) is 6.44. The van der Waals surface area contributed by atoms with Crippen molar-refractivity contribution < 1.29 is 4.39 Å². The van der Waals surface area contributed by atoms with E-state index >= 15 is 0 Å². The minimum Gasteiger partial charge on any atom is -0.354 e. The van der Waals surface area contributed by atoms with Crippen LogP contribution < -0.4 is 16.4 Å². The molecule has 0 unspecified atom stereocenters. The van der Waals surface area contributed by atoms with Gasteiger partial charge in [0.2, 0.25) is 5.95 Å². The van der Waals surface area contributed by atoms with Crippen LogP contribution in [0.2, 0.25) is 0 Å². The molecule has 2 aromatic rings. The van der Waals surface area contributed by atoms with Crippen molar-refractivity contribution in [1.82, 2.24) is 24.7 Å². The summed E-state index contributed by atoms with van der Waals surface area (Å²) in [6, 6.07) is 0. The Morgan fingerprint density at radius 3 is 2.90 bits per heavy atom. The van der Waals surface area contributed by atoms with Gasteiger partial charge < -0.3 is 5.32 Å². The van der Waals surface area contributed by atoms with Gasteiger partial charge in [0.05, 0.1) is 6.20 Å². The Labute approximate surface area is 116 Å². The van der Waals surface area contributed by atoms with Gasteiger partial charge in [-0.3, -0.25) is 19.4 Å². The Hall–Kier alpha value is -2.23. The average molecular weight is 298 g/mol. The third-order valence-corrected chi connectivity index (χ3v) is 3.21. The molecule has 20 heavy (non-hydrogen) atoms. The van der Waals surface area contributed by atoms with Crippen LogP contribution in [-0.2, 0) is 7.05 Å². The molecule has 0 aliphatic carbocycles. The molecule has 0 aliphatic heterocycles. The van der Waals surface area contributed by atoms with E-state index in [4.69, 9.17) is 0 Å². The monoisotopic (exact) mass is 298 g/mol. The fraction of sp³-hybridized carbons (Fsp3) is 0.300. The zero-order valence-corrected chi connectivity index (χ0v) is 11.5. The first-order valence-electron chi connectivity index (χ1n) is 5.63. The number of anilines is 1. The molecule has 0 fully saturated rings. The number of hydrogen-bond donors (Lipinski definition) is 2. The van der Waals surface area contributed by atoms with Gasteiger partial charge in [-0.25, -0.2) is 14.4 Å². The molecule has 8 nitrogen and oxygen atoms in total. The third-order valence-electron chi connectivity index (χ3n) is 2.18. The maximum atomic E-state index is 13.6. The number of nitrogens with zero attached hydrogens (tertiary/aromatic N) is 4. The minimum absolute atomic E-state index is 0.00509. The second-order valence-corrected chi connectivity index (χ2v) is 4.63. The molecule has 2 rings (SSSR count). The standard InChI is InChI=1S/C10H11FN6O2S/c1-3-12-9-13-4-5(11)8(15-9)20-10-14-6(18)7(19)16-17(10)2/h4H,3H2,1-2H3,(H,16,19)(H,12,13,15). The van der Waals surface area contributed by atoms with Gasteiger partial charge in [0.1, 0.15) is 5.03 Å². The van der Waals surface area contributed by atoms with Crippen LogP contribution in [0.4, 0.5) is 10.3 Å². The lowest BCUT2D eigenvalue weighted by Gasteiger charge is -2.07. The molecule has 0 atom stereocenters. The van der Waals surface area contributed by atoms with E-state index in [1.165, 1.54) is 11.7 Å². The molecule has 106 valence electrons. The van der Waals surface area contributed by atoms with E-state index in [2.05, 4.69) is 25.4 Å². The molecule has 2 N–H and O–H groups in total. The average Bonchev–Trinajstić information content (AvgIpc) is 2.40. The minimum atomic E-state index is -0.938. The lowest BCUT2D eigenvalue weighted by molar-refractivity contribution is 0.572. The van der Waals surface area contributed by atoms with E-state index in [-0.39, 0.29) is 16.1 Å². The van der Waals surface area contributed by atoms with Crippen molar-refractivity contribution in [3.8, 4) is 0 Å². The summed E-state index contributed by atoms with van der Waals surface area (Å²) < 4.78 is 14.9. The molecule has 2 aromatic heterocycles. The number of halogens is 1. The molecule has 10 heteroatoms. The Morgan fingerprint density at radius 2 is 2.20 bits per heavy atom. The number of rotatable bonds is 4. The molecule has 0 aromatic carbocycles. The molecule has 0 bridgehead atoms. The zero-order chi connectivity index (χ0) is 14.7. The Kier molecular flexibility index (Phi) is 4.13. The molecular formula is C10H11FN6O2S. The zero-order valence-electron chi connectivity index (χ0n) is 10.7. The van der Waals surface area contributed by atoms with Crippen LogP contribution in [0, 0.1) is 5.82 Å². The summed E-state index contributed by atoms with van der Waals surface area (Å²) >= 11 is 0.819. The maximum absolute atomic E-state index is 13.6. The van der Waals surface area contributed by atoms with Gasteiger partial charge in [-0.15, -0.1) is 0 Å². The Bertz CT molecular complexity index is 743. The summed E-state index contributed by atoms with van der Waals surface area (Å²) in [6.45, 7) is 2.44. The SMILES string of the molecule is CCNc1ncc(F)c(Sc2nc(=O)c(=O)[nH]n2C)n1. The number of hydrogen-bond acceptors (Lipinski definition) is 7. The highest BCUT2D eigenvalue weighted by Gasteiger charge is 2.12. The van der Waals surface area contributed by atoms with Crippen molar-refractivity contribution in [3.63, 3.8) is 0 Å². The largest absolute Gasteiger partial charge is 0.354 e. The molecule has 2 heterocycles. The van der Waals surface area contributed by atoms with Crippen molar-refractivity contribution in [2.75, 3.05) is 11.9 Å². The second kappa shape index (κ2) is 5.82. The number of aryl methyl sites for hydroxylation is 1. The predicted octanol–water partition coefficient (Wildman–Crippen LogP) is -0.0193. The van der Waals surface area contributed by atoms with Crippen LogP contribution in [0.1, 0.15) is 6.92 Å². The quantitative estimate of drug-likeness (QED) is 0.603. The van der Waals surface area contributed by atoms with Crippen molar-refractivity contribution >= 4 is 17.7 Å². The van der Waals surface area contributed by atoms with Gasteiger partial charge in [-0.05, 0) is 18.7 Å². The van der Waals surface area contributed by atoms with Gasteiger partial charge in [-0.1, -0.05) is 0 Å². The number of aromatic amines is 1. The molecule has 0 saturated carbocycles. The van der Waals surface area contributed by atoms with Crippen LogP contribution in [0.15, 0.2) is 26.0 Å². The van der Waals surface area contributed by atoms with Crippen LogP contribution in [0.5, 0.6) is 0 Å². The number of H-pyrrole nitrogens is 1. The molecule has 0 saturated heterocycles. The van der Waals surface area contributed by atoms with Gasteiger partial charge in [0.15, 0.2) is 11.0 Å². The highest BCUT2D eigenvalue weighted by atomic mass is 32.2. The molecular weight excluding hydrogens is 287 g/mol. The van der Waals surface area contributed by atoms with E-state index in [0.29, 0.717) is 6.54 Å². The van der Waals surface area contributed by atoms with Crippen molar-refractivity contribution in [2.24, 2.45) is 7.05 Å². The highest BCUT2D eigenvalue weighted by Crippen LogP contribution is 2.25. The lowest BCUT2D eigenvalue weighted by atomic mass is 10.6. The van der Waals surface area contributed by atoms with Crippen molar-refractivity contribution in [3.05, 3.63) is 32.7 Å². The molecule has 0 spiro atoms. The van der Waals surface area contributed by atoms with E-state index < -0.39 is 16.9 Å². The Balaban J connectivity index is 2.39. The highest BCUT2D eigenvalue weighted by molar-refractivity contribution is 7.99. The fourth-order valence-corrected chi connectivity index (χ4v) is 2.07. The van der Waals surface area contributed by atoms with Gasteiger partial charge in [0, 0.05) is 13.6 Å². The normalized spacial score (nSPS) is 10.6. The number of nitrogens with one attached hydrogen (secondary N) is 2. The first kappa shape index (κ1) is 14.2. The van der Waals surface area contributed by atoms with E-state index in [0.717, 1.165) is 18.0 Å². The van der Waals surface area contributed by atoms with Crippen molar-refractivity contribution in [2.45, 2.75) is 17.1 Å². The first-order chi connectivity index (χ1) is 9.51. The summed E-state index contributed by atoms with van der Waals surface area (Å²) in [5, 5.41) is 5.24. The van der Waals surface area contributed by atoms with Gasteiger partial charge >= 0.3 is 11.1 Å². The van der Waals surface area contributed by atoms with E-state index in [1.54, 1.807) is 0 Å². The fourth-order valence-electron chi connectivity index (χ4n) is 1.30. The summed E-state index contributed by atoms with van der Waals surface area (Å²) in [4.78, 5) is 33.6. The smallest absolute Gasteiger partial charge is 0.339 e. The second-order valence-electron chi connectivity index (χ2n) is 3.68. The van der Waals surface area contributed by atoms with Crippen LogP contribution >= 0.6 is 11.8 Å². The summed E-state index contributed by atoms with van der Waals surface area (Å²) in [5.41, 5.74) is -1.78.